The normalized spacial score (nSPS) is 23.1. The number of nitrogens with one attached hydrogen (secondary N) is 1. The Balaban J connectivity index is 1.49. The van der Waals surface area contributed by atoms with Gasteiger partial charge in [0, 0.05) is 17.5 Å². The van der Waals surface area contributed by atoms with E-state index in [2.05, 4.69) is 26.6 Å². The van der Waals surface area contributed by atoms with Crippen molar-refractivity contribution in [2.24, 2.45) is 5.92 Å². The highest BCUT2D eigenvalue weighted by atomic mass is 32.1. The summed E-state index contributed by atoms with van der Waals surface area (Å²) in [4.78, 5) is 17.9. The van der Waals surface area contributed by atoms with Crippen molar-refractivity contribution in [2.45, 2.75) is 38.9 Å². The summed E-state index contributed by atoms with van der Waals surface area (Å²) in [5.41, 5.74) is 1.91. The Kier molecular flexibility index (Phi) is 4.65. The second-order valence-electron chi connectivity index (χ2n) is 6.75. The van der Waals surface area contributed by atoms with Gasteiger partial charge < -0.3 is 10.1 Å². The number of anilines is 1. The number of carbonyl (C=O) groups is 1. The molecule has 1 aliphatic rings. The van der Waals surface area contributed by atoms with Gasteiger partial charge in [0.25, 0.3) is 0 Å². The molecule has 0 aliphatic carbocycles. The first-order valence-electron chi connectivity index (χ1n) is 8.72. The van der Waals surface area contributed by atoms with Crippen molar-refractivity contribution < 1.29 is 9.53 Å². The second kappa shape index (κ2) is 7.09. The van der Waals surface area contributed by atoms with E-state index in [1.807, 2.05) is 32.0 Å². The molecule has 0 saturated carbocycles. The minimum Gasteiger partial charge on any atom is -0.376 e. The van der Waals surface area contributed by atoms with E-state index >= 15 is 0 Å². The number of fused-ring (bicyclic) bond motifs is 1. The van der Waals surface area contributed by atoms with Gasteiger partial charge in [-0.15, -0.1) is 0 Å². The Labute approximate surface area is 155 Å². The van der Waals surface area contributed by atoms with E-state index in [1.165, 1.54) is 11.3 Å². The average molecular weight is 368 g/mol. The molecule has 1 aromatic carbocycles. The number of carbonyl (C=O) groups excluding carboxylic acids is 1. The van der Waals surface area contributed by atoms with Gasteiger partial charge in [-0.2, -0.15) is 10.2 Å². The number of amides is 1. The zero-order valence-corrected chi connectivity index (χ0v) is 15.5. The topological polar surface area (TPSA) is 77.0 Å². The molecule has 2 aromatic heterocycles. The van der Waals surface area contributed by atoms with E-state index < -0.39 is 0 Å². The van der Waals surface area contributed by atoms with Crippen LogP contribution < -0.4 is 5.32 Å². The fourth-order valence-corrected chi connectivity index (χ4v) is 4.25. The number of ether oxygens (including phenoxy) is 1. The van der Waals surface area contributed by atoms with Crippen LogP contribution in [0.5, 0.6) is 0 Å². The lowest BCUT2D eigenvalue weighted by atomic mass is 9.92. The SMILES string of the molecule is CC1CC(C(=O)Nc2ncc(-c3ccc4nnccc4c3)s2)CC(C)O1. The molecule has 0 radical (unpaired) electrons. The van der Waals surface area contributed by atoms with Crippen molar-refractivity contribution in [2.75, 3.05) is 5.32 Å². The van der Waals surface area contributed by atoms with E-state index in [9.17, 15) is 4.79 Å². The van der Waals surface area contributed by atoms with Crippen molar-refractivity contribution in [3.63, 3.8) is 0 Å². The predicted octanol–water partition coefficient (Wildman–Crippen LogP) is 3.90. The molecule has 4 rings (SSSR count). The van der Waals surface area contributed by atoms with Crippen molar-refractivity contribution in [3.05, 3.63) is 36.7 Å². The summed E-state index contributed by atoms with van der Waals surface area (Å²) in [5.74, 6) is 0.00188. The van der Waals surface area contributed by atoms with Gasteiger partial charge in [-0.3, -0.25) is 4.79 Å². The molecule has 2 unspecified atom stereocenters. The molecule has 0 bridgehead atoms. The van der Waals surface area contributed by atoms with Crippen LogP contribution in [0.2, 0.25) is 0 Å². The van der Waals surface area contributed by atoms with Crippen molar-refractivity contribution >= 4 is 33.3 Å². The highest BCUT2D eigenvalue weighted by Crippen LogP contribution is 2.32. The summed E-state index contributed by atoms with van der Waals surface area (Å²) in [6.45, 7) is 4.03. The lowest BCUT2D eigenvalue weighted by molar-refractivity contribution is -0.127. The van der Waals surface area contributed by atoms with E-state index in [1.54, 1.807) is 12.4 Å². The molecule has 7 heteroatoms. The zero-order valence-electron chi connectivity index (χ0n) is 14.7. The molecular weight excluding hydrogens is 348 g/mol. The third-order valence-corrected chi connectivity index (χ3v) is 5.56. The van der Waals surface area contributed by atoms with Crippen LogP contribution in [-0.2, 0) is 9.53 Å². The molecule has 3 heterocycles. The fourth-order valence-electron chi connectivity index (χ4n) is 3.43. The summed E-state index contributed by atoms with van der Waals surface area (Å²) in [5, 5.41) is 12.6. The van der Waals surface area contributed by atoms with Gasteiger partial charge in [0.05, 0.1) is 28.8 Å². The van der Waals surface area contributed by atoms with Gasteiger partial charge in [-0.1, -0.05) is 17.4 Å². The Morgan fingerprint density at radius 3 is 2.85 bits per heavy atom. The average Bonchev–Trinajstić information content (AvgIpc) is 3.09. The number of hydrogen-bond donors (Lipinski definition) is 1. The van der Waals surface area contributed by atoms with Crippen LogP contribution in [-0.4, -0.2) is 33.3 Å². The molecule has 134 valence electrons. The maximum Gasteiger partial charge on any atom is 0.229 e. The van der Waals surface area contributed by atoms with E-state index in [-0.39, 0.29) is 24.0 Å². The molecule has 1 N–H and O–H groups in total. The summed E-state index contributed by atoms with van der Waals surface area (Å²) in [7, 11) is 0. The van der Waals surface area contributed by atoms with Gasteiger partial charge in [-0.25, -0.2) is 4.98 Å². The summed E-state index contributed by atoms with van der Waals surface area (Å²) >= 11 is 1.48. The molecule has 1 saturated heterocycles. The van der Waals surface area contributed by atoms with Crippen LogP contribution in [0.4, 0.5) is 5.13 Å². The summed E-state index contributed by atoms with van der Waals surface area (Å²) in [6.07, 6.45) is 5.20. The smallest absolute Gasteiger partial charge is 0.229 e. The minimum atomic E-state index is -0.0275. The summed E-state index contributed by atoms with van der Waals surface area (Å²) in [6, 6.07) is 7.94. The molecule has 3 aromatic rings. The van der Waals surface area contributed by atoms with Crippen LogP contribution in [0.15, 0.2) is 36.7 Å². The van der Waals surface area contributed by atoms with Crippen LogP contribution in [0.1, 0.15) is 26.7 Å². The van der Waals surface area contributed by atoms with Gasteiger partial charge in [0.1, 0.15) is 0 Å². The maximum absolute atomic E-state index is 12.6. The number of benzene rings is 1. The Morgan fingerprint density at radius 2 is 2.04 bits per heavy atom. The minimum absolute atomic E-state index is 0.0275. The molecule has 1 fully saturated rings. The Bertz CT molecular complexity index is 932. The Hall–Kier alpha value is -2.38. The Morgan fingerprint density at radius 1 is 1.23 bits per heavy atom. The van der Waals surface area contributed by atoms with Crippen LogP contribution in [0, 0.1) is 5.92 Å². The quantitative estimate of drug-likeness (QED) is 0.759. The van der Waals surface area contributed by atoms with Gasteiger partial charge >= 0.3 is 0 Å². The number of rotatable bonds is 3. The van der Waals surface area contributed by atoms with E-state index in [0.29, 0.717) is 5.13 Å². The third kappa shape index (κ3) is 3.59. The van der Waals surface area contributed by atoms with Crippen LogP contribution in [0.25, 0.3) is 21.3 Å². The molecular formula is C19H20N4O2S. The molecule has 6 nitrogen and oxygen atoms in total. The van der Waals surface area contributed by atoms with Gasteiger partial charge in [-0.05, 0) is 50.5 Å². The maximum atomic E-state index is 12.6. The van der Waals surface area contributed by atoms with Crippen LogP contribution >= 0.6 is 11.3 Å². The number of nitrogens with zero attached hydrogens (tertiary/aromatic N) is 3. The molecule has 0 spiro atoms. The lowest BCUT2D eigenvalue weighted by Gasteiger charge is -2.30. The first kappa shape index (κ1) is 17.1. The summed E-state index contributed by atoms with van der Waals surface area (Å²) < 4.78 is 5.71. The fraction of sp³-hybridized carbons (Fsp3) is 0.368. The molecule has 1 amide bonds. The highest BCUT2D eigenvalue weighted by Gasteiger charge is 2.29. The van der Waals surface area contributed by atoms with Crippen LogP contribution in [0.3, 0.4) is 0 Å². The number of hydrogen-bond acceptors (Lipinski definition) is 6. The first-order valence-corrected chi connectivity index (χ1v) is 9.54. The van der Waals surface area contributed by atoms with Crippen molar-refractivity contribution in [1.29, 1.82) is 0 Å². The van der Waals surface area contributed by atoms with Crippen molar-refractivity contribution in [1.82, 2.24) is 15.2 Å². The number of aromatic nitrogens is 3. The standard InChI is InChI=1S/C19H20N4O2S/c1-11-7-15(8-12(2)25-11)18(24)22-19-20-10-17(26-19)14-3-4-16-13(9-14)5-6-21-23-16/h3-6,9-12,15H,7-8H2,1-2H3,(H,20,22,24). The number of thiazole rings is 1. The monoisotopic (exact) mass is 368 g/mol. The van der Waals surface area contributed by atoms with Gasteiger partial charge in [0.15, 0.2) is 5.13 Å². The van der Waals surface area contributed by atoms with E-state index in [0.717, 1.165) is 34.2 Å². The molecule has 26 heavy (non-hydrogen) atoms. The third-order valence-electron chi connectivity index (χ3n) is 4.60. The highest BCUT2D eigenvalue weighted by molar-refractivity contribution is 7.19. The van der Waals surface area contributed by atoms with Crippen molar-refractivity contribution in [3.8, 4) is 10.4 Å². The largest absolute Gasteiger partial charge is 0.376 e. The lowest BCUT2D eigenvalue weighted by Crippen LogP contribution is -2.35. The molecule has 1 aliphatic heterocycles. The first-order chi connectivity index (χ1) is 12.6. The zero-order chi connectivity index (χ0) is 18.1. The molecule has 2 atom stereocenters. The van der Waals surface area contributed by atoms with E-state index in [4.69, 9.17) is 4.74 Å². The second-order valence-corrected chi connectivity index (χ2v) is 7.78. The van der Waals surface area contributed by atoms with Gasteiger partial charge in [0.2, 0.25) is 5.91 Å². The predicted molar refractivity (Wildman–Crippen MR) is 102 cm³/mol.